The molecule has 0 aromatic heterocycles. The molecule has 2 heterocycles. The van der Waals surface area contributed by atoms with Gasteiger partial charge in [0.25, 0.3) is 0 Å². The van der Waals surface area contributed by atoms with E-state index in [4.69, 9.17) is 5.26 Å². The molecule has 0 bridgehead atoms. The third-order valence-electron chi connectivity index (χ3n) is 5.88. The van der Waals surface area contributed by atoms with Gasteiger partial charge in [-0.2, -0.15) is 5.26 Å². The fourth-order valence-electron chi connectivity index (χ4n) is 3.88. The Bertz CT molecular complexity index is 911. The summed E-state index contributed by atoms with van der Waals surface area (Å²) < 4.78 is 0. The second-order valence-electron chi connectivity index (χ2n) is 8.17. The summed E-state index contributed by atoms with van der Waals surface area (Å²) in [4.78, 5) is 37.8. The third kappa shape index (κ3) is 6.14. The van der Waals surface area contributed by atoms with Gasteiger partial charge in [0.15, 0.2) is 6.19 Å². The number of nitriles is 1. The largest absolute Gasteiger partial charge is 0.341 e. The molecule has 1 unspecified atom stereocenters. The molecule has 2 aliphatic rings. The normalized spacial score (nSPS) is 20.1. The molecule has 2 aliphatic heterocycles. The molecule has 1 aromatic carbocycles. The first-order valence-electron chi connectivity index (χ1n) is 10.9. The van der Waals surface area contributed by atoms with Crippen LogP contribution in [-0.4, -0.2) is 60.0 Å². The summed E-state index contributed by atoms with van der Waals surface area (Å²) >= 11 is 0. The summed E-state index contributed by atoms with van der Waals surface area (Å²) in [6, 6.07) is 5.75. The van der Waals surface area contributed by atoms with Gasteiger partial charge < -0.3 is 9.80 Å². The van der Waals surface area contributed by atoms with Crippen molar-refractivity contribution < 1.29 is 9.59 Å². The summed E-state index contributed by atoms with van der Waals surface area (Å²) in [7, 11) is 0. The number of guanidine groups is 1. The summed E-state index contributed by atoms with van der Waals surface area (Å²) in [5.41, 5.74) is 2.94. The highest BCUT2D eigenvalue weighted by atomic mass is 16.2. The SMILES string of the molecule is Cc1ccc(N=C(/N=C\C2CCCCN(CC(=O)N3CCCC3)C2=O)NC#N)cc1C. The number of likely N-dealkylation sites (tertiary alicyclic amines) is 2. The van der Waals surface area contributed by atoms with Crippen molar-refractivity contribution in [3.05, 3.63) is 29.3 Å². The Morgan fingerprint density at radius 1 is 1.19 bits per heavy atom. The maximum atomic E-state index is 13.0. The Labute approximate surface area is 183 Å². The van der Waals surface area contributed by atoms with Crippen LogP contribution in [0.5, 0.6) is 0 Å². The monoisotopic (exact) mass is 422 g/mol. The molecule has 8 heteroatoms. The minimum absolute atomic E-state index is 0.0200. The summed E-state index contributed by atoms with van der Waals surface area (Å²) in [6.45, 7) is 6.30. The Balaban J connectivity index is 1.71. The molecule has 2 saturated heterocycles. The predicted molar refractivity (Wildman–Crippen MR) is 120 cm³/mol. The minimum Gasteiger partial charge on any atom is -0.341 e. The fraction of sp³-hybridized carbons (Fsp3) is 0.522. The Morgan fingerprint density at radius 3 is 2.65 bits per heavy atom. The van der Waals surface area contributed by atoms with E-state index in [-0.39, 0.29) is 24.3 Å². The highest BCUT2D eigenvalue weighted by Gasteiger charge is 2.29. The summed E-state index contributed by atoms with van der Waals surface area (Å²) in [6.07, 6.45) is 7.89. The molecule has 0 radical (unpaired) electrons. The van der Waals surface area contributed by atoms with Gasteiger partial charge in [-0.15, -0.1) is 0 Å². The molecule has 0 aliphatic carbocycles. The summed E-state index contributed by atoms with van der Waals surface area (Å²) in [5, 5.41) is 11.5. The number of carbonyl (C=O) groups is 2. The lowest BCUT2D eigenvalue weighted by Gasteiger charge is -2.25. The minimum atomic E-state index is -0.431. The van der Waals surface area contributed by atoms with Crippen LogP contribution in [0.1, 0.15) is 43.2 Å². The standard InChI is InChI=1S/C23H30N6O2/c1-17-8-9-20(13-18(17)2)27-23(26-16-24)25-14-19-7-3-4-12-29(22(19)31)15-21(30)28-10-5-6-11-28/h8-9,13-14,19H,3-7,10-12,15H2,1-2H3,(H,26,27)/b25-14-. The number of benzene rings is 1. The lowest BCUT2D eigenvalue weighted by molar-refractivity contribution is -0.140. The molecule has 3 rings (SSSR count). The van der Waals surface area contributed by atoms with Crippen LogP contribution < -0.4 is 5.32 Å². The molecule has 1 N–H and O–H groups in total. The second-order valence-corrected chi connectivity index (χ2v) is 8.17. The number of hydrogen-bond donors (Lipinski definition) is 1. The van der Waals surface area contributed by atoms with E-state index >= 15 is 0 Å². The van der Waals surface area contributed by atoms with Crippen LogP contribution in [0.3, 0.4) is 0 Å². The molecule has 1 atom stereocenters. The number of aryl methyl sites for hydroxylation is 2. The van der Waals surface area contributed by atoms with Crippen molar-refractivity contribution in [1.82, 2.24) is 15.1 Å². The Kier molecular flexibility index (Phi) is 7.76. The first-order chi connectivity index (χ1) is 15.0. The van der Waals surface area contributed by atoms with Crippen molar-refractivity contribution in [2.75, 3.05) is 26.2 Å². The molecular weight excluding hydrogens is 392 g/mol. The average molecular weight is 423 g/mol. The van der Waals surface area contributed by atoms with E-state index in [1.807, 2.05) is 43.1 Å². The van der Waals surface area contributed by atoms with Crippen LogP contribution in [0.25, 0.3) is 0 Å². The van der Waals surface area contributed by atoms with Crippen molar-refractivity contribution in [2.24, 2.45) is 15.9 Å². The van der Waals surface area contributed by atoms with Crippen molar-refractivity contribution in [3.8, 4) is 6.19 Å². The maximum absolute atomic E-state index is 13.0. The van der Waals surface area contributed by atoms with Gasteiger partial charge in [-0.3, -0.25) is 14.9 Å². The molecule has 2 amide bonds. The zero-order valence-corrected chi connectivity index (χ0v) is 18.3. The molecule has 0 saturated carbocycles. The van der Waals surface area contributed by atoms with E-state index in [9.17, 15) is 9.59 Å². The van der Waals surface area contributed by atoms with E-state index in [1.54, 1.807) is 11.1 Å². The van der Waals surface area contributed by atoms with Crippen LogP contribution in [-0.2, 0) is 9.59 Å². The van der Waals surface area contributed by atoms with Gasteiger partial charge in [0.05, 0.1) is 18.2 Å². The first-order valence-corrected chi connectivity index (χ1v) is 10.9. The topological polar surface area (TPSA) is 101 Å². The number of amides is 2. The molecule has 31 heavy (non-hydrogen) atoms. The maximum Gasteiger partial charge on any atom is 0.242 e. The highest BCUT2D eigenvalue weighted by molar-refractivity contribution is 6.00. The van der Waals surface area contributed by atoms with E-state index in [2.05, 4.69) is 15.3 Å². The number of nitrogens with one attached hydrogen (secondary N) is 1. The second kappa shape index (κ2) is 10.7. The molecule has 164 valence electrons. The Hall–Kier alpha value is -3.21. The van der Waals surface area contributed by atoms with Crippen LogP contribution in [0, 0.1) is 31.2 Å². The smallest absolute Gasteiger partial charge is 0.242 e. The van der Waals surface area contributed by atoms with Gasteiger partial charge in [0, 0.05) is 25.8 Å². The lowest BCUT2D eigenvalue weighted by Crippen LogP contribution is -2.44. The van der Waals surface area contributed by atoms with Gasteiger partial charge in [-0.25, -0.2) is 9.98 Å². The number of carbonyl (C=O) groups excluding carboxylic acids is 2. The zero-order valence-electron chi connectivity index (χ0n) is 18.3. The van der Waals surface area contributed by atoms with Gasteiger partial charge >= 0.3 is 0 Å². The molecular formula is C23H30N6O2. The van der Waals surface area contributed by atoms with Gasteiger partial charge in [-0.05, 0) is 62.8 Å². The van der Waals surface area contributed by atoms with Crippen LogP contribution in [0.15, 0.2) is 28.2 Å². The van der Waals surface area contributed by atoms with Crippen molar-refractivity contribution in [1.29, 1.82) is 5.26 Å². The van der Waals surface area contributed by atoms with Crippen molar-refractivity contribution in [3.63, 3.8) is 0 Å². The first kappa shape index (κ1) is 22.5. The molecule has 1 aromatic rings. The number of aliphatic imine (C=N–C) groups is 2. The lowest BCUT2D eigenvalue weighted by atomic mass is 10.0. The quantitative estimate of drug-likeness (QED) is 0.349. The van der Waals surface area contributed by atoms with Gasteiger partial charge in [0.1, 0.15) is 0 Å². The van der Waals surface area contributed by atoms with Crippen molar-refractivity contribution >= 4 is 29.7 Å². The van der Waals surface area contributed by atoms with E-state index < -0.39 is 5.92 Å². The van der Waals surface area contributed by atoms with E-state index in [1.165, 1.54) is 0 Å². The fourth-order valence-corrected chi connectivity index (χ4v) is 3.88. The van der Waals surface area contributed by atoms with Crippen LogP contribution >= 0.6 is 0 Å². The predicted octanol–water partition coefficient (Wildman–Crippen LogP) is 2.68. The van der Waals surface area contributed by atoms with Crippen LogP contribution in [0.2, 0.25) is 0 Å². The molecule has 0 spiro atoms. The van der Waals surface area contributed by atoms with Crippen molar-refractivity contribution in [2.45, 2.75) is 46.0 Å². The van der Waals surface area contributed by atoms with E-state index in [0.29, 0.717) is 18.7 Å². The Morgan fingerprint density at radius 2 is 1.94 bits per heavy atom. The average Bonchev–Trinajstić information content (AvgIpc) is 3.24. The van der Waals surface area contributed by atoms with Gasteiger partial charge in [0.2, 0.25) is 17.8 Å². The van der Waals surface area contributed by atoms with E-state index in [0.717, 1.165) is 49.9 Å². The summed E-state index contributed by atoms with van der Waals surface area (Å²) in [5.74, 6) is -0.357. The van der Waals surface area contributed by atoms with Crippen LogP contribution in [0.4, 0.5) is 5.69 Å². The highest BCUT2D eigenvalue weighted by Crippen LogP contribution is 2.19. The molecule has 8 nitrogen and oxygen atoms in total. The van der Waals surface area contributed by atoms with Gasteiger partial charge in [-0.1, -0.05) is 12.5 Å². The zero-order chi connectivity index (χ0) is 22.2. The number of hydrogen-bond acceptors (Lipinski definition) is 4. The number of nitrogens with zero attached hydrogens (tertiary/aromatic N) is 5. The number of rotatable bonds is 4. The molecule has 2 fully saturated rings. The third-order valence-corrected chi connectivity index (χ3v) is 5.88.